The second-order valence-electron chi connectivity index (χ2n) is 8.11. The van der Waals surface area contributed by atoms with Gasteiger partial charge in [0, 0.05) is 37.0 Å². The van der Waals surface area contributed by atoms with Gasteiger partial charge < -0.3 is 20.5 Å². The van der Waals surface area contributed by atoms with Gasteiger partial charge in [0.1, 0.15) is 0 Å². The van der Waals surface area contributed by atoms with Crippen LogP contribution < -0.4 is 26.2 Å². The Morgan fingerprint density at radius 3 is 2.81 bits per heavy atom. The van der Waals surface area contributed by atoms with E-state index in [1.807, 2.05) is 67.6 Å². The Kier molecular flexibility index (Phi) is 4.82. The number of carbonyl (C=O) groups excluding carboxylic acids is 1. The first-order valence-electron chi connectivity index (χ1n) is 10.5. The first-order chi connectivity index (χ1) is 15.1. The number of benzene rings is 1. The molecule has 3 aliphatic carbocycles. The van der Waals surface area contributed by atoms with Crippen molar-refractivity contribution in [3.8, 4) is 0 Å². The Bertz CT molecular complexity index is 1260. The zero-order valence-corrected chi connectivity index (χ0v) is 17.6. The van der Waals surface area contributed by atoms with Crippen molar-refractivity contribution < 1.29 is 4.79 Å². The lowest BCUT2D eigenvalue weighted by Gasteiger charge is -2.12. The lowest BCUT2D eigenvalue weighted by molar-refractivity contribution is 0.0951. The molecule has 156 valence electrons. The highest BCUT2D eigenvalue weighted by molar-refractivity contribution is 5.95. The number of H-pyrrole nitrogens is 1. The van der Waals surface area contributed by atoms with Gasteiger partial charge in [-0.1, -0.05) is 30.4 Å². The number of carbonyl (C=O) groups is 1. The molecule has 1 heterocycles. The van der Waals surface area contributed by atoms with Gasteiger partial charge in [-0.05, 0) is 54.5 Å². The van der Waals surface area contributed by atoms with E-state index in [1.165, 1.54) is 5.57 Å². The molecule has 5 rings (SSSR count). The number of hydrogen-bond acceptors (Lipinski definition) is 4. The molecule has 2 aromatic rings. The molecule has 0 radical (unpaired) electrons. The van der Waals surface area contributed by atoms with E-state index in [-0.39, 0.29) is 17.9 Å². The number of nitrogens with one attached hydrogen (secondary N) is 3. The van der Waals surface area contributed by atoms with Crippen molar-refractivity contribution in [2.24, 2.45) is 5.92 Å². The summed E-state index contributed by atoms with van der Waals surface area (Å²) in [5.41, 5.74) is 3.96. The molecule has 6 nitrogen and oxygen atoms in total. The van der Waals surface area contributed by atoms with Crippen molar-refractivity contribution in [3.05, 3.63) is 88.3 Å². The molecule has 0 aliphatic heterocycles. The minimum Gasteiger partial charge on any atom is -0.378 e. The van der Waals surface area contributed by atoms with Gasteiger partial charge in [0.25, 0.3) is 5.91 Å². The zero-order chi connectivity index (χ0) is 21.4. The average Bonchev–Trinajstić information content (AvgIpc) is 3.40. The fraction of sp³-hybridized carbons (Fsp3) is 0.200. The molecule has 1 aromatic carbocycles. The maximum atomic E-state index is 12.7. The summed E-state index contributed by atoms with van der Waals surface area (Å²) < 4.78 is 0. The predicted octanol–water partition coefficient (Wildman–Crippen LogP) is 2.22. The summed E-state index contributed by atoms with van der Waals surface area (Å²) in [6, 6.07) is 7.67. The summed E-state index contributed by atoms with van der Waals surface area (Å²) in [4.78, 5) is 22.7. The van der Waals surface area contributed by atoms with Crippen LogP contribution in [0.25, 0.3) is 12.2 Å². The smallest absolute Gasteiger partial charge is 0.251 e. The summed E-state index contributed by atoms with van der Waals surface area (Å²) >= 11 is 0. The van der Waals surface area contributed by atoms with Gasteiger partial charge in [-0.15, -0.1) is 0 Å². The van der Waals surface area contributed by atoms with E-state index in [0.717, 1.165) is 34.5 Å². The Labute approximate surface area is 181 Å². The first kappa shape index (κ1) is 19.2. The van der Waals surface area contributed by atoms with Gasteiger partial charge in [-0.2, -0.15) is 0 Å². The van der Waals surface area contributed by atoms with Crippen LogP contribution in [0.15, 0.2) is 72.0 Å². The van der Waals surface area contributed by atoms with Gasteiger partial charge >= 0.3 is 0 Å². The summed E-state index contributed by atoms with van der Waals surface area (Å²) in [6.07, 6.45) is 17.4. The van der Waals surface area contributed by atoms with Crippen LogP contribution >= 0.6 is 0 Å². The van der Waals surface area contributed by atoms with Crippen LogP contribution in [0.1, 0.15) is 16.8 Å². The monoisotopic (exact) mass is 411 g/mol. The number of imidazole rings is 1. The molecule has 2 atom stereocenters. The molecular formula is C25H25N5O. The van der Waals surface area contributed by atoms with Crippen molar-refractivity contribution in [1.82, 2.24) is 15.3 Å². The predicted molar refractivity (Wildman–Crippen MR) is 125 cm³/mol. The third kappa shape index (κ3) is 3.97. The summed E-state index contributed by atoms with van der Waals surface area (Å²) in [6.45, 7) is 0. The van der Waals surface area contributed by atoms with E-state index in [2.05, 4.69) is 39.9 Å². The standard InChI is InChI=1S/C25H25N5O/c1-30(2)18-11-9-16(10-12-18)24(31)29-23-19-13-14-21-22(15-20(19)23)28-25(27-21)26-17-7-5-3-4-6-8-17/h3-5,7-15,20,23H,6H2,1-2H3,(H,29,31)(H2,26,27,28). The normalized spacial score (nSPS) is 20.6. The van der Waals surface area contributed by atoms with Crippen LogP contribution in [0.5, 0.6) is 0 Å². The summed E-state index contributed by atoms with van der Waals surface area (Å²) in [5, 5.41) is 8.37. The number of amides is 1. The maximum Gasteiger partial charge on any atom is 0.251 e. The van der Waals surface area contributed by atoms with Crippen LogP contribution in [0.3, 0.4) is 0 Å². The van der Waals surface area contributed by atoms with Crippen molar-refractivity contribution in [1.29, 1.82) is 0 Å². The first-order valence-corrected chi connectivity index (χ1v) is 10.5. The number of fused-ring (bicyclic) bond motifs is 2. The van der Waals surface area contributed by atoms with Crippen molar-refractivity contribution >= 4 is 29.7 Å². The minimum atomic E-state index is -0.0528. The van der Waals surface area contributed by atoms with Crippen LogP contribution in [-0.2, 0) is 0 Å². The number of allylic oxidation sites excluding steroid dienone is 6. The highest BCUT2D eigenvalue weighted by atomic mass is 16.1. The number of aromatic amines is 1. The third-order valence-electron chi connectivity index (χ3n) is 5.73. The lowest BCUT2D eigenvalue weighted by Crippen LogP contribution is -2.29. The van der Waals surface area contributed by atoms with Gasteiger partial charge in [0.2, 0.25) is 5.95 Å². The van der Waals surface area contributed by atoms with Crippen molar-refractivity contribution in [3.63, 3.8) is 0 Å². The molecule has 3 N–H and O–H groups in total. The van der Waals surface area contributed by atoms with E-state index >= 15 is 0 Å². The number of anilines is 2. The van der Waals surface area contributed by atoms with Gasteiger partial charge in [-0.3, -0.25) is 4.79 Å². The lowest BCUT2D eigenvalue weighted by atomic mass is 10.2. The Morgan fingerprint density at radius 2 is 2.00 bits per heavy atom. The molecule has 0 spiro atoms. The minimum absolute atomic E-state index is 0.0251. The number of hydrogen-bond donors (Lipinski definition) is 3. The fourth-order valence-electron chi connectivity index (χ4n) is 3.89. The van der Waals surface area contributed by atoms with E-state index < -0.39 is 0 Å². The van der Waals surface area contributed by atoms with Crippen molar-refractivity contribution in [2.75, 3.05) is 24.3 Å². The van der Waals surface area contributed by atoms with Gasteiger partial charge in [0.05, 0.1) is 16.7 Å². The van der Waals surface area contributed by atoms with Gasteiger partial charge in [-0.25, -0.2) is 4.98 Å². The molecule has 1 aromatic heterocycles. The molecule has 1 saturated carbocycles. The topological polar surface area (TPSA) is 73.1 Å². The van der Waals surface area contributed by atoms with Crippen LogP contribution in [0.4, 0.5) is 11.6 Å². The molecule has 0 bridgehead atoms. The number of aromatic nitrogens is 2. The van der Waals surface area contributed by atoms with Crippen LogP contribution in [-0.4, -0.2) is 36.0 Å². The van der Waals surface area contributed by atoms with E-state index in [9.17, 15) is 4.79 Å². The Morgan fingerprint density at radius 1 is 1.16 bits per heavy atom. The summed E-state index contributed by atoms with van der Waals surface area (Å²) in [7, 11) is 3.97. The van der Waals surface area contributed by atoms with E-state index in [4.69, 9.17) is 4.98 Å². The largest absolute Gasteiger partial charge is 0.378 e. The second-order valence-corrected chi connectivity index (χ2v) is 8.11. The Balaban J connectivity index is 1.29. The molecule has 2 unspecified atom stereocenters. The third-order valence-corrected chi connectivity index (χ3v) is 5.73. The molecule has 31 heavy (non-hydrogen) atoms. The number of rotatable bonds is 5. The highest BCUT2D eigenvalue weighted by Gasteiger charge is 2.43. The van der Waals surface area contributed by atoms with Crippen LogP contribution in [0.2, 0.25) is 0 Å². The van der Waals surface area contributed by atoms with E-state index in [0.29, 0.717) is 5.56 Å². The van der Waals surface area contributed by atoms with E-state index in [1.54, 1.807) is 0 Å². The maximum absolute atomic E-state index is 12.7. The van der Waals surface area contributed by atoms with Crippen molar-refractivity contribution in [2.45, 2.75) is 12.5 Å². The zero-order valence-electron chi connectivity index (χ0n) is 17.6. The Hall–Kier alpha value is -3.80. The molecule has 3 aliphatic rings. The second kappa shape index (κ2) is 7.80. The number of nitrogens with zero attached hydrogens (tertiary/aromatic N) is 2. The van der Waals surface area contributed by atoms with Crippen LogP contribution in [0, 0.1) is 5.92 Å². The highest BCUT2D eigenvalue weighted by Crippen LogP contribution is 2.40. The quantitative estimate of drug-likeness (QED) is 0.706. The molecule has 0 saturated heterocycles. The molecule has 1 amide bonds. The summed E-state index contributed by atoms with van der Waals surface area (Å²) in [5.74, 6) is 0.845. The SMILES string of the molecule is CN(C)c1ccc(C(=O)NC2C3=CC=c4[nH]c(NC5=CCC=CC=C5)nc4=CC32)cc1. The fourth-order valence-corrected chi connectivity index (χ4v) is 3.89. The van der Waals surface area contributed by atoms with Gasteiger partial charge in [0.15, 0.2) is 0 Å². The average molecular weight is 412 g/mol. The molecule has 1 fully saturated rings. The molecule has 6 heteroatoms. The molecular weight excluding hydrogens is 386 g/mol.